The Labute approximate surface area is 186 Å². The Kier molecular flexibility index (Phi) is 4.97. The monoisotopic (exact) mass is 433 g/mol. The fourth-order valence-corrected chi connectivity index (χ4v) is 4.16. The lowest BCUT2D eigenvalue weighted by molar-refractivity contribution is 0.0868. The normalized spacial score (nSPS) is 15.1. The molecular weight excluding hydrogens is 406 g/mol. The van der Waals surface area contributed by atoms with Crippen LogP contribution in [0.15, 0.2) is 30.6 Å². The summed E-state index contributed by atoms with van der Waals surface area (Å²) in [4.78, 5) is 22.4. The number of aryl methyl sites for hydroxylation is 2. The predicted molar refractivity (Wildman–Crippen MR) is 119 cm³/mol. The number of rotatable bonds is 6. The van der Waals surface area contributed by atoms with Crippen LogP contribution in [0.1, 0.15) is 59.8 Å². The molecule has 0 aliphatic heterocycles. The topological polar surface area (TPSA) is 102 Å². The number of carbonyl (C=O) groups excluding carboxylic acids is 1. The Balaban J connectivity index is 1.57. The molecule has 3 aromatic rings. The Bertz CT molecular complexity index is 1200. The number of fused-ring (bicyclic) bond motifs is 3. The van der Waals surface area contributed by atoms with E-state index in [2.05, 4.69) is 21.5 Å². The zero-order valence-electron chi connectivity index (χ0n) is 18.6. The standard InChI is InChI=1S/C24H27N5O3/c1-24(2,13-30)28-22(31)19-12-26-29(21(19)15-5-6-15)23-25-11-16-7-4-14-8-9-17(32-3)10-18(14)20(16)27-23/h8-12,15,30H,4-7,13H2,1-3H3,(H,28,31). The number of amides is 1. The number of nitrogens with one attached hydrogen (secondary N) is 1. The molecule has 0 bridgehead atoms. The SMILES string of the molecule is COc1ccc2c(c1)-c1nc(-n3ncc(C(=O)NC(C)(C)CO)c3C3CC3)ncc1CC2. The van der Waals surface area contributed by atoms with Crippen molar-refractivity contribution in [2.75, 3.05) is 13.7 Å². The second kappa shape index (κ2) is 7.70. The summed E-state index contributed by atoms with van der Waals surface area (Å²) in [5.41, 5.74) is 4.90. The first-order chi connectivity index (χ1) is 15.4. The molecule has 0 radical (unpaired) electrons. The minimum atomic E-state index is -0.717. The van der Waals surface area contributed by atoms with E-state index in [1.807, 2.05) is 18.3 Å². The largest absolute Gasteiger partial charge is 0.497 e. The van der Waals surface area contributed by atoms with E-state index in [1.165, 1.54) is 5.56 Å². The molecule has 1 fully saturated rings. The number of nitrogens with zero attached hydrogens (tertiary/aromatic N) is 4. The smallest absolute Gasteiger partial charge is 0.255 e. The zero-order valence-corrected chi connectivity index (χ0v) is 18.6. The quantitative estimate of drug-likeness (QED) is 0.620. The number of aromatic nitrogens is 4. The minimum absolute atomic E-state index is 0.150. The van der Waals surface area contributed by atoms with Crippen LogP contribution in [0.2, 0.25) is 0 Å². The lowest BCUT2D eigenvalue weighted by Gasteiger charge is -2.23. The summed E-state index contributed by atoms with van der Waals surface area (Å²) in [6, 6.07) is 6.09. The molecule has 1 saturated carbocycles. The van der Waals surface area contributed by atoms with Crippen LogP contribution in [0.25, 0.3) is 17.2 Å². The van der Waals surface area contributed by atoms with E-state index < -0.39 is 5.54 Å². The van der Waals surface area contributed by atoms with Gasteiger partial charge in [-0.15, -0.1) is 0 Å². The summed E-state index contributed by atoms with van der Waals surface area (Å²) in [5, 5.41) is 16.9. The third kappa shape index (κ3) is 3.64. The lowest BCUT2D eigenvalue weighted by Crippen LogP contribution is -2.46. The van der Waals surface area contributed by atoms with Crippen LogP contribution in [-0.2, 0) is 12.8 Å². The van der Waals surface area contributed by atoms with Gasteiger partial charge in [0.2, 0.25) is 0 Å². The van der Waals surface area contributed by atoms with E-state index in [-0.39, 0.29) is 18.4 Å². The number of hydrogen-bond acceptors (Lipinski definition) is 6. The summed E-state index contributed by atoms with van der Waals surface area (Å²) in [6.45, 7) is 3.41. The third-order valence-corrected chi connectivity index (χ3v) is 6.14. The van der Waals surface area contributed by atoms with Crippen molar-refractivity contribution in [3.63, 3.8) is 0 Å². The number of benzene rings is 1. The Hall–Kier alpha value is -3.26. The van der Waals surface area contributed by atoms with Gasteiger partial charge in [0.05, 0.1) is 42.4 Å². The van der Waals surface area contributed by atoms with Crippen molar-refractivity contribution in [3.05, 3.63) is 53.0 Å². The maximum absolute atomic E-state index is 13.0. The fourth-order valence-electron chi connectivity index (χ4n) is 4.16. The maximum atomic E-state index is 13.0. The zero-order chi connectivity index (χ0) is 22.5. The van der Waals surface area contributed by atoms with Crippen LogP contribution < -0.4 is 10.1 Å². The highest BCUT2D eigenvalue weighted by molar-refractivity contribution is 5.96. The van der Waals surface area contributed by atoms with Crippen LogP contribution in [0.5, 0.6) is 5.75 Å². The first-order valence-electron chi connectivity index (χ1n) is 10.9. The Morgan fingerprint density at radius 1 is 1.25 bits per heavy atom. The molecular formula is C24H27N5O3. The van der Waals surface area contributed by atoms with E-state index >= 15 is 0 Å². The predicted octanol–water partition coefficient (Wildman–Crippen LogP) is 2.81. The summed E-state index contributed by atoms with van der Waals surface area (Å²) >= 11 is 0. The molecule has 0 spiro atoms. The van der Waals surface area contributed by atoms with Gasteiger partial charge in [-0.1, -0.05) is 6.07 Å². The van der Waals surface area contributed by atoms with Gasteiger partial charge in [0.1, 0.15) is 5.75 Å². The van der Waals surface area contributed by atoms with Crippen molar-refractivity contribution in [2.24, 2.45) is 0 Å². The molecule has 5 rings (SSSR count). The molecule has 0 saturated heterocycles. The molecule has 166 valence electrons. The maximum Gasteiger partial charge on any atom is 0.255 e. The van der Waals surface area contributed by atoms with Crippen LogP contribution in [0.3, 0.4) is 0 Å². The molecule has 2 heterocycles. The summed E-state index contributed by atoms with van der Waals surface area (Å²) in [7, 11) is 1.66. The molecule has 1 amide bonds. The van der Waals surface area contributed by atoms with E-state index in [0.717, 1.165) is 53.9 Å². The van der Waals surface area contributed by atoms with Crippen molar-refractivity contribution in [3.8, 4) is 23.0 Å². The van der Waals surface area contributed by atoms with Gasteiger partial charge in [0, 0.05) is 17.7 Å². The minimum Gasteiger partial charge on any atom is -0.497 e. The average Bonchev–Trinajstić information content (AvgIpc) is 3.55. The number of hydrogen-bond donors (Lipinski definition) is 2. The third-order valence-electron chi connectivity index (χ3n) is 6.14. The van der Waals surface area contributed by atoms with E-state index in [9.17, 15) is 9.90 Å². The summed E-state index contributed by atoms with van der Waals surface area (Å²) in [5.74, 6) is 1.26. The first-order valence-corrected chi connectivity index (χ1v) is 10.9. The first kappa shape index (κ1) is 20.6. The Morgan fingerprint density at radius 3 is 2.75 bits per heavy atom. The van der Waals surface area contributed by atoms with Crippen molar-refractivity contribution in [1.82, 2.24) is 25.1 Å². The highest BCUT2D eigenvalue weighted by atomic mass is 16.5. The molecule has 8 nitrogen and oxygen atoms in total. The van der Waals surface area contributed by atoms with E-state index in [4.69, 9.17) is 9.72 Å². The highest BCUT2D eigenvalue weighted by Gasteiger charge is 2.35. The van der Waals surface area contributed by atoms with E-state index in [1.54, 1.807) is 31.8 Å². The van der Waals surface area contributed by atoms with Gasteiger partial charge in [-0.25, -0.2) is 14.6 Å². The van der Waals surface area contributed by atoms with Crippen LogP contribution in [0, 0.1) is 0 Å². The Morgan fingerprint density at radius 2 is 2.03 bits per heavy atom. The van der Waals surface area contributed by atoms with Crippen molar-refractivity contribution >= 4 is 5.91 Å². The number of aliphatic hydroxyl groups excluding tert-OH is 1. The molecule has 8 heteroatoms. The van der Waals surface area contributed by atoms with Gasteiger partial charge in [0.25, 0.3) is 11.9 Å². The van der Waals surface area contributed by atoms with Gasteiger partial charge in [-0.3, -0.25) is 4.79 Å². The number of carbonyl (C=O) groups is 1. The second-order valence-corrected chi connectivity index (χ2v) is 9.19. The highest BCUT2D eigenvalue weighted by Crippen LogP contribution is 2.42. The molecule has 2 N–H and O–H groups in total. The average molecular weight is 434 g/mol. The van der Waals surface area contributed by atoms with Crippen LogP contribution in [-0.4, -0.2) is 50.0 Å². The van der Waals surface area contributed by atoms with Gasteiger partial charge >= 0.3 is 0 Å². The summed E-state index contributed by atoms with van der Waals surface area (Å²) in [6.07, 6.45) is 7.27. The van der Waals surface area contributed by atoms with Crippen LogP contribution >= 0.6 is 0 Å². The number of ether oxygens (including phenoxy) is 1. The molecule has 2 aromatic heterocycles. The van der Waals surface area contributed by atoms with Gasteiger partial charge in [-0.05, 0) is 62.8 Å². The lowest BCUT2D eigenvalue weighted by atomic mass is 9.90. The molecule has 2 aliphatic carbocycles. The fraction of sp³-hybridized carbons (Fsp3) is 0.417. The van der Waals surface area contributed by atoms with E-state index in [0.29, 0.717) is 11.5 Å². The molecule has 2 aliphatic rings. The molecule has 0 unspecified atom stereocenters. The second-order valence-electron chi connectivity index (χ2n) is 9.19. The molecule has 32 heavy (non-hydrogen) atoms. The van der Waals surface area contributed by atoms with Crippen molar-refractivity contribution in [1.29, 1.82) is 0 Å². The van der Waals surface area contributed by atoms with Crippen LogP contribution in [0.4, 0.5) is 0 Å². The van der Waals surface area contributed by atoms with Crippen molar-refractivity contribution < 1.29 is 14.6 Å². The summed E-state index contributed by atoms with van der Waals surface area (Å²) < 4.78 is 7.13. The van der Waals surface area contributed by atoms with Gasteiger partial charge in [0.15, 0.2) is 0 Å². The van der Waals surface area contributed by atoms with Crippen molar-refractivity contribution in [2.45, 2.75) is 51.0 Å². The van der Waals surface area contributed by atoms with Gasteiger partial charge < -0.3 is 15.2 Å². The number of methoxy groups -OCH3 is 1. The number of aliphatic hydroxyl groups is 1. The van der Waals surface area contributed by atoms with Gasteiger partial charge in [-0.2, -0.15) is 5.10 Å². The molecule has 1 aromatic carbocycles. The molecule has 0 atom stereocenters.